The smallest absolute Gasteiger partial charge is 0.326 e. The summed E-state index contributed by atoms with van der Waals surface area (Å²) < 4.78 is 17.0. The number of fused-ring (bicyclic) bond motifs is 6. The summed E-state index contributed by atoms with van der Waals surface area (Å²) in [6, 6.07) is 14.3. The standard InChI is InChI=1S/C24H18Cl2O5S/c1-23(2,32)22(28)31-21-17(25)10-16-20(19(21)26)30-18-9-13(27)7-8-15(18)24(16)14-6-4-3-5-12(14)11-29-24/h3-10,27,32H,11H2,1-2H3. The van der Waals surface area contributed by atoms with Gasteiger partial charge >= 0.3 is 5.97 Å². The number of hydrogen-bond donors (Lipinski definition) is 2. The van der Waals surface area contributed by atoms with Crippen molar-refractivity contribution < 1.29 is 24.1 Å². The Hall–Kier alpha value is -2.38. The van der Waals surface area contributed by atoms with Crippen LogP contribution in [0.5, 0.6) is 23.0 Å². The summed E-state index contributed by atoms with van der Waals surface area (Å²) in [5.74, 6) is 0.0120. The fraction of sp³-hybridized carbons (Fsp3) is 0.208. The third-order valence-electron chi connectivity index (χ3n) is 5.60. The number of carbonyl (C=O) groups is 1. The quantitative estimate of drug-likeness (QED) is 0.254. The summed E-state index contributed by atoms with van der Waals surface area (Å²) in [6.45, 7) is 3.58. The van der Waals surface area contributed by atoms with Crippen LogP contribution in [0.1, 0.15) is 36.1 Å². The van der Waals surface area contributed by atoms with Crippen LogP contribution >= 0.6 is 35.8 Å². The minimum Gasteiger partial charge on any atom is -0.508 e. The molecule has 0 aromatic heterocycles. The SMILES string of the molecule is CC(C)(S)C(=O)Oc1c(Cl)cc2c(c1Cl)Oc1cc(O)ccc1C21OCc2ccccc21. The molecule has 0 saturated carbocycles. The van der Waals surface area contributed by atoms with E-state index in [1.807, 2.05) is 24.3 Å². The Morgan fingerprint density at radius 3 is 2.62 bits per heavy atom. The van der Waals surface area contributed by atoms with E-state index in [0.717, 1.165) is 11.1 Å². The van der Waals surface area contributed by atoms with E-state index in [0.29, 0.717) is 23.5 Å². The number of aromatic hydroxyl groups is 1. The topological polar surface area (TPSA) is 65.0 Å². The molecule has 0 radical (unpaired) electrons. The van der Waals surface area contributed by atoms with Gasteiger partial charge in [0.2, 0.25) is 0 Å². The van der Waals surface area contributed by atoms with Crippen LogP contribution in [0.2, 0.25) is 10.0 Å². The Bertz CT molecular complexity index is 1280. The summed E-state index contributed by atoms with van der Waals surface area (Å²) in [5.41, 5.74) is 2.18. The largest absolute Gasteiger partial charge is 0.508 e. The maximum absolute atomic E-state index is 12.4. The van der Waals surface area contributed by atoms with E-state index in [2.05, 4.69) is 12.6 Å². The average molecular weight is 489 g/mol. The molecule has 3 aromatic carbocycles. The van der Waals surface area contributed by atoms with Gasteiger partial charge in [0.1, 0.15) is 21.3 Å². The van der Waals surface area contributed by atoms with Gasteiger partial charge in [0.15, 0.2) is 17.1 Å². The highest BCUT2D eigenvalue weighted by molar-refractivity contribution is 7.82. The lowest BCUT2D eigenvalue weighted by atomic mass is 9.77. The number of rotatable bonds is 2. The highest BCUT2D eigenvalue weighted by Gasteiger charge is 2.50. The second-order valence-corrected chi connectivity index (χ2v) is 10.1. The molecule has 0 amide bonds. The van der Waals surface area contributed by atoms with Crippen LogP contribution < -0.4 is 9.47 Å². The molecule has 32 heavy (non-hydrogen) atoms. The summed E-state index contributed by atoms with van der Waals surface area (Å²) in [6.07, 6.45) is 0. The van der Waals surface area contributed by atoms with Gasteiger partial charge in [-0.2, -0.15) is 12.6 Å². The average Bonchev–Trinajstić information content (AvgIpc) is 3.11. The number of benzene rings is 3. The molecular weight excluding hydrogens is 471 g/mol. The lowest BCUT2D eigenvalue weighted by molar-refractivity contribution is -0.136. The Kier molecular flexibility index (Phi) is 4.91. The zero-order valence-corrected chi connectivity index (χ0v) is 19.5. The number of phenolic OH excluding ortho intramolecular Hbond substituents is 1. The number of hydrogen-bond acceptors (Lipinski definition) is 6. The molecular formula is C24H18Cl2O5S. The molecule has 8 heteroatoms. The first-order valence-electron chi connectivity index (χ1n) is 9.83. The maximum atomic E-state index is 12.4. The number of ether oxygens (including phenoxy) is 3. The van der Waals surface area contributed by atoms with E-state index in [1.165, 1.54) is 6.07 Å². The first-order chi connectivity index (χ1) is 15.1. The fourth-order valence-corrected chi connectivity index (χ4v) is 4.71. The van der Waals surface area contributed by atoms with Gasteiger partial charge in [-0.05, 0) is 43.2 Å². The first kappa shape index (κ1) is 21.5. The van der Waals surface area contributed by atoms with Crippen molar-refractivity contribution in [1.82, 2.24) is 0 Å². The Labute approximate surface area is 200 Å². The lowest BCUT2D eigenvalue weighted by Crippen LogP contribution is -2.33. The molecule has 2 aliphatic rings. The molecule has 1 atom stereocenters. The zero-order valence-electron chi connectivity index (χ0n) is 17.1. The van der Waals surface area contributed by atoms with E-state index in [9.17, 15) is 9.90 Å². The zero-order chi connectivity index (χ0) is 22.8. The van der Waals surface area contributed by atoms with Crippen LogP contribution in [0.15, 0.2) is 48.5 Å². The molecule has 0 fully saturated rings. The number of carbonyl (C=O) groups excluding carboxylic acids is 1. The molecule has 1 spiro atoms. The van der Waals surface area contributed by atoms with Crippen molar-refractivity contribution in [2.45, 2.75) is 30.8 Å². The molecule has 3 aromatic rings. The van der Waals surface area contributed by atoms with Gasteiger partial charge in [-0.3, -0.25) is 4.79 Å². The predicted octanol–water partition coefficient (Wildman–Crippen LogP) is 6.24. The van der Waals surface area contributed by atoms with E-state index >= 15 is 0 Å². The number of esters is 1. The van der Waals surface area contributed by atoms with Gasteiger partial charge in [0.05, 0.1) is 11.6 Å². The Morgan fingerprint density at radius 2 is 1.88 bits per heavy atom. The Balaban J connectivity index is 1.77. The van der Waals surface area contributed by atoms with Crippen molar-refractivity contribution in [2.24, 2.45) is 0 Å². The second-order valence-electron chi connectivity index (χ2n) is 8.24. The molecule has 2 heterocycles. The third kappa shape index (κ3) is 3.09. The third-order valence-corrected chi connectivity index (χ3v) is 6.41. The van der Waals surface area contributed by atoms with E-state index in [1.54, 1.807) is 32.0 Å². The molecule has 1 unspecified atom stereocenters. The van der Waals surface area contributed by atoms with Crippen molar-refractivity contribution in [3.63, 3.8) is 0 Å². The predicted molar refractivity (Wildman–Crippen MR) is 124 cm³/mol. The minimum absolute atomic E-state index is 0.0238. The molecule has 5 rings (SSSR count). The van der Waals surface area contributed by atoms with Crippen LogP contribution in [-0.4, -0.2) is 15.8 Å². The molecule has 1 N–H and O–H groups in total. The number of thiol groups is 1. The Morgan fingerprint density at radius 1 is 1.12 bits per heavy atom. The minimum atomic E-state index is -1.06. The van der Waals surface area contributed by atoms with Gasteiger partial charge in [0, 0.05) is 17.2 Å². The number of phenols is 1. The molecule has 0 bridgehead atoms. The molecule has 2 aliphatic heterocycles. The van der Waals surface area contributed by atoms with Gasteiger partial charge in [0.25, 0.3) is 0 Å². The van der Waals surface area contributed by atoms with Gasteiger partial charge < -0.3 is 19.3 Å². The highest BCUT2D eigenvalue weighted by atomic mass is 35.5. The number of halogens is 2. The summed E-state index contributed by atoms with van der Waals surface area (Å²) in [5, 5.41) is 10.3. The van der Waals surface area contributed by atoms with Gasteiger partial charge in [-0.15, -0.1) is 0 Å². The highest BCUT2D eigenvalue weighted by Crippen LogP contribution is 2.60. The summed E-state index contributed by atoms with van der Waals surface area (Å²) in [7, 11) is 0. The summed E-state index contributed by atoms with van der Waals surface area (Å²) >= 11 is 17.5. The van der Waals surface area contributed by atoms with Crippen LogP contribution in [0.4, 0.5) is 0 Å². The molecule has 0 saturated heterocycles. The van der Waals surface area contributed by atoms with Crippen LogP contribution in [0, 0.1) is 0 Å². The molecule has 0 aliphatic carbocycles. The molecule has 5 nitrogen and oxygen atoms in total. The van der Waals surface area contributed by atoms with E-state index < -0.39 is 16.3 Å². The van der Waals surface area contributed by atoms with Crippen molar-refractivity contribution >= 4 is 41.8 Å². The maximum Gasteiger partial charge on any atom is 0.326 e. The normalized spacial score (nSPS) is 18.5. The van der Waals surface area contributed by atoms with Crippen molar-refractivity contribution in [1.29, 1.82) is 0 Å². The van der Waals surface area contributed by atoms with E-state index in [-0.39, 0.29) is 27.3 Å². The van der Waals surface area contributed by atoms with Crippen LogP contribution in [-0.2, 0) is 21.7 Å². The molecule has 164 valence electrons. The van der Waals surface area contributed by atoms with Crippen LogP contribution in [0.3, 0.4) is 0 Å². The van der Waals surface area contributed by atoms with Crippen molar-refractivity contribution in [3.8, 4) is 23.0 Å². The van der Waals surface area contributed by atoms with Crippen molar-refractivity contribution in [3.05, 3.63) is 80.8 Å². The van der Waals surface area contributed by atoms with Gasteiger partial charge in [-0.25, -0.2) is 0 Å². The monoisotopic (exact) mass is 488 g/mol. The van der Waals surface area contributed by atoms with Gasteiger partial charge in [-0.1, -0.05) is 47.5 Å². The summed E-state index contributed by atoms with van der Waals surface area (Å²) in [4.78, 5) is 12.4. The fourth-order valence-electron chi connectivity index (χ4n) is 4.10. The first-order valence-corrected chi connectivity index (χ1v) is 11.0. The lowest BCUT2D eigenvalue weighted by Gasteiger charge is -2.38. The van der Waals surface area contributed by atoms with Crippen LogP contribution in [0.25, 0.3) is 0 Å². The second kappa shape index (κ2) is 7.32. The van der Waals surface area contributed by atoms with E-state index in [4.69, 9.17) is 37.4 Å². The van der Waals surface area contributed by atoms with Crippen molar-refractivity contribution in [2.75, 3.05) is 0 Å².